The van der Waals surface area contributed by atoms with E-state index >= 15 is 0 Å². The van der Waals surface area contributed by atoms with E-state index < -0.39 is 17.2 Å². The summed E-state index contributed by atoms with van der Waals surface area (Å²) in [4.78, 5) is 11.8. The van der Waals surface area contributed by atoms with Gasteiger partial charge in [0.25, 0.3) is 0 Å². The van der Waals surface area contributed by atoms with Gasteiger partial charge in [-0.2, -0.15) is 0 Å². The SMILES string of the molecule is CCC(C)(CCO)NC(=O)Cc1cccc(F)c1F. The highest BCUT2D eigenvalue weighted by Gasteiger charge is 2.24. The van der Waals surface area contributed by atoms with Crippen LogP contribution in [0.15, 0.2) is 18.2 Å². The fourth-order valence-electron chi connectivity index (χ4n) is 1.81. The zero-order valence-electron chi connectivity index (χ0n) is 11.2. The first-order valence-electron chi connectivity index (χ1n) is 6.26. The van der Waals surface area contributed by atoms with Crippen LogP contribution in [0.1, 0.15) is 32.3 Å². The fourth-order valence-corrected chi connectivity index (χ4v) is 1.81. The Hall–Kier alpha value is -1.49. The lowest BCUT2D eigenvalue weighted by Crippen LogP contribution is -2.46. The minimum Gasteiger partial charge on any atom is -0.396 e. The molecule has 1 aromatic carbocycles. The quantitative estimate of drug-likeness (QED) is 0.833. The highest BCUT2D eigenvalue weighted by atomic mass is 19.2. The number of amides is 1. The van der Waals surface area contributed by atoms with E-state index in [-0.39, 0.29) is 24.5 Å². The summed E-state index contributed by atoms with van der Waals surface area (Å²) in [6, 6.07) is 3.76. The number of halogens is 2. The summed E-state index contributed by atoms with van der Waals surface area (Å²) < 4.78 is 26.4. The molecule has 0 spiro atoms. The lowest BCUT2D eigenvalue weighted by atomic mass is 9.94. The third kappa shape index (κ3) is 4.28. The van der Waals surface area contributed by atoms with Gasteiger partial charge in [0.05, 0.1) is 6.42 Å². The maximum atomic E-state index is 13.4. The van der Waals surface area contributed by atoms with Crippen LogP contribution < -0.4 is 5.32 Å². The van der Waals surface area contributed by atoms with Gasteiger partial charge in [-0.15, -0.1) is 0 Å². The first kappa shape index (κ1) is 15.6. The van der Waals surface area contributed by atoms with Crippen LogP contribution in [-0.4, -0.2) is 23.2 Å². The van der Waals surface area contributed by atoms with Gasteiger partial charge < -0.3 is 10.4 Å². The van der Waals surface area contributed by atoms with Crippen LogP contribution in [0.25, 0.3) is 0 Å². The van der Waals surface area contributed by atoms with Crippen molar-refractivity contribution in [3.63, 3.8) is 0 Å². The molecule has 0 saturated carbocycles. The molecule has 0 bridgehead atoms. The van der Waals surface area contributed by atoms with Gasteiger partial charge in [-0.3, -0.25) is 4.79 Å². The molecule has 0 saturated heterocycles. The second-order valence-electron chi connectivity index (χ2n) is 4.83. The minimum atomic E-state index is -0.988. The molecule has 3 nitrogen and oxygen atoms in total. The maximum Gasteiger partial charge on any atom is 0.224 e. The van der Waals surface area contributed by atoms with Gasteiger partial charge in [-0.05, 0) is 25.8 Å². The van der Waals surface area contributed by atoms with E-state index in [9.17, 15) is 13.6 Å². The normalized spacial score (nSPS) is 13.9. The van der Waals surface area contributed by atoms with Gasteiger partial charge in [0.2, 0.25) is 5.91 Å². The third-order valence-electron chi connectivity index (χ3n) is 3.27. The Labute approximate surface area is 111 Å². The van der Waals surface area contributed by atoms with Gasteiger partial charge in [0.1, 0.15) is 0 Å². The Morgan fingerprint density at radius 2 is 2.11 bits per heavy atom. The van der Waals surface area contributed by atoms with E-state index in [0.717, 1.165) is 6.07 Å². The molecule has 106 valence electrons. The Balaban J connectivity index is 2.72. The van der Waals surface area contributed by atoms with Crippen molar-refractivity contribution in [2.75, 3.05) is 6.61 Å². The van der Waals surface area contributed by atoms with Gasteiger partial charge in [-0.1, -0.05) is 19.1 Å². The fraction of sp³-hybridized carbons (Fsp3) is 0.500. The summed E-state index contributed by atoms with van der Waals surface area (Å²) in [5.74, 6) is -2.33. The van der Waals surface area contributed by atoms with E-state index in [2.05, 4.69) is 5.32 Å². The highest BCUT2D eigenvalue weighted by molar-refractivity contribution is 5.79. The largest absolute Gasteiger partial charge is 0.396 e. The van der Waals surface area contributed by atoms with Gasteiger partial charge in [-0.25, -0.2) is 8.78 Å². The number of aliphatic hydroxyl groups is 1. The zero-order valence-corrected chi connectivity index (χ0v) is 11.2. The number of hydrogen-bond donors (Lipinski definition) is 2. The Morgan fingerprint density at radius 3 is 2.68 bits per heavy atom. The van der Waals surface area contributed by atoms with E-state index in [1.54, 1.807) is 0 Å². The maximum absolute atomic E-state index is 13.4. The van der Waals surface area contributed by atoms with Crippen molar-refractivity contribution in [3.05, 3.63) is 35.4 Å². The summed E-state index contributed by atoms with van der Waals surface area (Å²) in [5.41, 5.74) is -0.504. The molecule has 5 heteroatoms. The Kier molecular flexibility index (Phi) is 5.42. The van der Waals surface area contributed by atoms with Crippen LogP contribution in [0.2, 0.25) is 0 Å². The average molecular weight is 271 g/mol. The first-order valence-corrected chi connectivity index (χ1v) is 6.26. The van der Waals surface area contributed by atoms with Crippen LogP contribution in [0.5, 0.6) is 0 Å². The summed E-state index contributed by atoms with van der Waals surface area (Å²) in [7, 11) is 0. The molecular weight excluding hydrogens is 252 g/mol. The molecule has 1 rings (SSSR count). The number of carbonyl (C=O) groups is 1. The zero-order chi connectivity index (χ0) is 14.5. The van der Waals surface area contributed by atoms with Gasteiger partial charge >= 0.3 is 0 Å². The van der Waals surface area contributed by atoms with Crippen molar-refractivity contribution < 1.29 is 18.7 Å². The van der Waals surface area contributed by atoms with Crippen molar-refractivity contribution >= 4 is 5.91 Å². The van der Waals surface area contributed by atoms with Crippen LogP contribution in [0.3, 0.4) is 0 Å². The molecule has 0 aliphatic heterocycles. The molecular formula is C14H19F2NO2. The lowest BCUT2D eigenvalue weighted by Gasteiger charge is -2.29. The molecule has 1 atom stereocenters. The molecule has 0 fully saturated rings. The van der Waals surface area contributed by atoms with E-state index in [4.69, 9.17) is 5.11 Å². The first-order chi connectivity index (χ1) is 8.91. The topological polar surface area (TPSA) is 49.3 Å². The van der Waals surface area contributed by atoms with Crippen LogP contribution in [-0.2, 0) is 11.2 Å². The second kappa shape index (κ2) is 6.61. The smallest absolute Gasteiger partial charge is 0.224 e. The van der Waals surface area contributed by atoms with Crippen molar-refractivity contribution in [2.45, 2.75) is 38.6 Å². The number of hydrogen-bond acceptors (Lipinski definition) is 2. The lowest BCUT2D eigenvalue weighted by molar-refractivity contribution is -0.122. The molecule has 1 unspecified atom stereocenters. The van der Waals surface area contributed by atoms with Crippen LogP contribution >= 0.6 is 0 Å². The van der Waals surface area contributed by atoms with Crippen molar-refractivity contribution in [3.8, 4) is 0 Å². The summed E-state index contributed by atoms with van der Waals surface area (Å²) >= 11 is 0. The van der Waals surface area contributed by atoms with Crippen molar-refractivity contribution in [1.82, 2.24) is 5.32 Å². The van der Waals surface area contributed by atoms with Crippen LogP contribution in [0.4, 0.5) is 8.78 Å². The molecule has 19 heavy (non-hydrogen) atoms. The number of carbonyl (C=O) groups excluding carboxylic acids is 1. The standard InChI is InChI=1S/C14H19F2NO2/c1-3-14(2,7-8-18)17-12(19)9-10-5-4-6-11(15)13(10)16/h4-6,18H,3,7-9H2,1-2H3,(H,17,19). The molecule has 0 radical (unpaired) electrons. The van der Waals surface area contributed by atoms with E-state index in [0.29, 0.717) is 12.8 Å². The van der Waals surface area contributed by atoms with Crippen LogP contribution in [0, 0.1) is 11.6 Å². The summed E-state index contributed by atoms with van der Waals surface area (Å²) in [6.07, 6.45) is 0.844. The van der Waals surface area contributed by atoms with Crippen molar-refractivity contribution in [2.24, 2.45) is 0 Å². The average Bonchev–Trinajstić information content (AvgIpc) is 2.35. The second-order valence-corrected chi connectivity index (χ2v) is 4.83. The summed E-state index contributed by atoms with van der Waals surface area (Å²) in [5, 5.41) is 11.7. The Morgan fingerprint density at radius 1 is 1.42 bits per heavy atom. The summed E-state index contributed by atoms with van der Waals surface area (Å²) in [6.45, 7) is 3.65. The Bertz CT molecular complexity index is 451. The van der Waals surface area contributed by atoms with Gasteiger partial charge in [0.15, 0.2) is 11.6 Å². The molecule has 0 aromatic heterocycles. The predicted octanol–water partition coefficient (Wildman–Crippen LogP) is 2.17. The molecule has 1 aromatic rings. The molecule has 0 aliphatic carbocycles. The monoisotopic (exact) mass is 271 g/mol. The van der Waals surface area contributed by atoms with E-state index in [1.807, 2.05) is 13.8 Å². The van der Waals surface area contributed by atoms with Crippen molar-refractivity contribution in [1.29, 1.82) is 0 Å². The molecule has 0 aliphatic rings. The van der Waals surface area contributed by atoms with E-state index in [1.165, 1.54) is 12.1 Å². The number of benzene rings is 1. The number of nitrogens with one attached hydrogen (secondary N) is 1. The highest BCUT2D eigenvalue weighted by Crippen LogP contribution is 2.16. The molecule has 2 N–H and O–H groups in total. The van der Waals surface area contributed by atoms with Gasteiger partial charge in [0, 0.05) is 17.7 Å². The number of rotatable bonds is 6. The third-order valence-corrected chi connectivity index (χ3v) is 3.27. The molecule has 1 amide bonds. The molecule has 0 heterocycles. The predicted molar refractivity (Wildman–Crippen MR) is 68.6 cm³/mol. The number of aliphatic hydroxyl groups excluding tert-OH is 1. The minimum absolute atomic E-state index is 0.0277.